The lowest BCUT2D eigenvalue weighted by molar-refractivity contribution is -0.239. The van der Waals surface area contributed by atoms with Crippen molar-refractivity contribution in [2.45, 2.75) is 37.6 Å². The monoisotopic (exact) mass is 174 g/mol. The first-order valence-electron chi connectivity index (χ1n) is 4.39. The Balaban J connectivity index is 2.52. The van der Waals surface area contributed by atoms with Gasteiger partial charge in [0.15, 0.2) is 5.79 Å². The predicted octanol–water partition coefficient (Wildman–Crippen LogP) is 1.56. The molecule has 0 bridgehead atoms. The van der Waals surface area contributed by atoms with Gasteiger partial charge in [-0.1, -0.05) is 0 Å². The van der Waals surface area contributed by atoms with Gasteiger partial charge in [-0.05, 0) is 12.8 Å². The average Bonchev–Trinajstić information content (AvgIpc) is 2.18. The maximum absolute atomic E-state index is 5.36. The van der Waals surface area contributed by atoms with Gasteiger partial charge in [0.05, 0.1) is 6.10 Å². The van der Waals surface area contributed by atoms with Crippen LogP contribution in [0, 0.1) is 0 Å². The van der Waals surface area contributed by atoms with Crippen LogP contribution >= 0.6 is 0 Å². The first-order valence-corrected chi connectivity index (χ1v) is 4.39. The van der Waals surface area contributed by atoms with Crippen molar-refractivity contribution < 1.29 is 14.2 Å². The van der Waals surface area contributed by atoms with Crippen LogP contribution in [-0.2, 0) is 14.2 Å². The van der Waals surface area contributed by atoms with Gasteiger partial charge in [0.25, 0.3) is 0 Å². The highest BCUT2D eigenvalue weighted by Gasteiger charge is 2.36. The SMILES string of the molecule is COC1CCCC(OC)(OC)C1. The molecule has 1 atom stereocenters. The molecule has 3 heteroatoms. The van der Waals surface area contributed by atoms with Gasteiger partial charge >= 0.3 is 0 Å². The summed E-state index contributed by atoms with van der Waals surface area (Å²) in [5.74, 6) is -0.390. The van der Waals surface area contributed by atoms with Crippen molar-refractivity contribution in [1.82, 2.24) is 0 Å². The van der Waals surface area contributed by atoms with Crippen LogP contribution in [0.1, 0.15) is 25.7 Å². The molecular weight excluding hydrogens is 156 g/mol. The minimum atomic E-state index is -0.390. The Morgan fingerprint density at radius 3 is 2.33 bits per heavy atom. The molecular formula is C9H18O3. The van der Waals surface area contributed by atoms with Gasteiger partial charge < -0.3 is 14.2 Å². The van der Waals surface area contributed by atoms with E-state index in [1.807, 2.05) is 0 Å². The van der Waals surface area contributed by atoms with Gasteiger partial charge in [0.2, 0.25) is 0 Å². The Morgan fingerprint density at radius 2 is 1.83 bits per heavy atom. The molecule has 0 aromatic rings. The first kappa shape index (κ1) is 9.96. The number of ether oxygens (including phenoxy) is 3. The average molecular weight is 174 g/mol. The normalized spacial score (nSPS) is 28.8. The standard InChI is InChI=1S/C9H18O3/c1-10-8-5-4-6-9(7-8,11-2)12-3/h8H,4-7H2,1-3H3. The van der Waals surface area contributed by atoms with Crippen LogP contribution in [0.4, 0.5) is 0 Å². The second kappa shape index (κ2) is 4.21. The lowest BCUT2D eigenvalue weighted by Crippen LogP contribution is -2.41. The highest BCUT2D eigenvalue weighted by molar-refractivity contribution is 4.80. The number of methoxy groups -OCH3 is 3. The van der Waals surface area contributed by atoms with Crippen LogP contribution in [0.5, 0.6) is 0 Å². The maximum Gasteiger partial charge on any atom is 0.169 e. The van der Waals surface area contributed by atoms with Crippen LogP contribution < -0.4 is 0 Å². The Hall–Kier alpha value is -0.120. The highest BCUT2D eigenvalue weighted by atomic mass is 16.7. The molecule has 12 heavy (non-hydrogen) atoms. The predicted molar refractivity (Wildman–Crippen MR) is 46.0 cm³/mol. The molecule has 1 aliphatic carbocycles. The van der Waals surface area contributed by atoms with Crippen LogP contribution in [0.15, 0.2) is 0 Å². The minimum absolute atomic E-state index is 0.290. The maximum atomic E-state index is 5.36. The van der Waals surface area contributed by atoms with E-state index in [9.17, 15) is 0 Å². The zero-order valence-electron chi connectivity index (χ0n) is 8.13. The smallest absolute Gasteiger partial charge is 0.169 e. The van der Waals surface area contributed by atoms with Crippen LogP contribution in [0.3, 0.4) is 0 Å². The van der Waals surface area contributed by atoms with Crippen molar-refractivity contribution in [2.24, 2.45) is 0 Å². The number of hydrogen-bond acceptors (Lipinski definition) is 3. The quantitative estimate of drug-likeness (QED) is 0.608. The first-order chi connectivity index (χ1) is 5.76. The molecule has 1 aliphatic rings. The second-order valence-electron chi connectivity index (χ2n) is 3.27. The summed E-state index contributed by atoms with van der Waals surface area (Å²) in [7, 11) is 5.13. The molecule has 1 fully saturated rings. The fourth-order valence-electron chi connectivity index (χ4n) is 1.81. The summed E-state index contributed by atoms with van der Waals surface area (Å²) >= 11 is 0. The van der Waals surface area contributed by atoms with Crippen LogP contribution in [0.25, 0.3) is 0 Å². The molecule has 0 aromatic carbocycles. The lowest BCUT2D eigenvalue weighted by Gasteiger charge is -2.37. The fraction of sp³-hybridized carbons (Fsp3) is 1.00. The van der Waals surface area contributed by atoms with E-state index < -0.39 is 0 Å². The summed E-state index contributed by atoms with van der Waals surface area (Å²) < 4.78 is 16.0. The van der Waals surface area contributed by atoms with Gasteiger partial charge in [-0.25, -0.2) is 0 Å². The molecule has 0 saturated heterocycles. The molecule has 1 rings (SSSR count). The summed E-state index contributed by atoms with van der Waals surface area (Å²) in [6.45, 7) is 0. The van der Waals surface area contributed by atoms with E-state index in [1.165, 1.54) is 0 Å². The van der Waals surface area contributed by atoms with E-state index in [2.05, 4.69) is 0 Å². The van der Waals surface area contributed by atoms with Crippen molar-refractivity contribution in [3.63, 3.8) is 0 Å². The van der Waals surface area contributed by atoms with Crippen LogP contribution in [0.2, 0.25) is 0 Å². The Morgan fingerprint density at radius 1 is 1.17 bits per heavy atom. The Kier molecular flexibility index (Phi) is 3.50. The van der Waals surface area contributed by atoms with Gasteiger partial charge in [-0.3, -0.25) is 0 Å². The fourth-order valence-corrected chi connectivity index (χ4v) is 1.81. The molecule has 0 aliphatic heterocycles. The van der Waals surface area contributed by atoms with Crippen molar-refractivity contribution in [3.05, 3.63) is 0 Å². The molecule has 0 radical (unpaired) electrons. The molecule has 0 aromatic heterocycles. The molecule has 1 saturated carbocycles. The Bertz CT molecular complexity index is 132. The lowest BCUT2D eigenvalue weighted by atomic mass is 9.91. The van der Waals surface area contributed by atoms with Gasteiger partial charge in [-0.15, -0.1) is 0 Å². The van der Waals surface area contributed by atoms with Gasteiger partial charge in [0.1, 0.15) is 0 Å². The second-order valence-corrected chi connectivity index (χ2v) is 3.27. The third-order valence-electron chi connectivity index (χ3n) is 2.70. The molecule has 3 nitrogen and oxygen atoms in total. The minimum Gasteiger partial charge on any atom is -0.381 e. The van der Waals surface area contributed by atoms with E-state index in [-0.39, 0.29) is 5.79 Å². The van der Waals surface area contributed by atoms with E-state index >= 15 is 0 Å². The highest BCUT2D eigenvalue weighted by Crippen LogP contribution is 2.32. The third kappa shape index (κ3) is 1.97. The van der Waals surface area contributed by atoms with Crippen LogP contribution in [-0.4, -0.2) is 33.2 Å². The molecule has 1 unspecified atom stereocenters. The zero-order valence-corrected chi connectivity index (χ0v) is 8.13. The molecule has 0 N–H and O–H groups in total. The Labute approximate surface area is 74.0 Å². The molecule has 0 spiro atoms. The molecule has 0 amide bonds. The van der Waals surface area contributed by atoms with Crippen molar-refractivity contribution in [2.75, 3.05) is 21.3 Å². The zero-order chi connectivity index (χ0) is 9.03. The summed E-state index contributed by atoms with van der Waals surface area (Å²) in [6, 6.07) is 0. The van der Waals surface area contributed by atoms with E-state index in [0.29, 0.717) is 6.10 Å². The third-order valence-corrected chi connectivity index (χ3v) is 2.70. The van der Waals surface area contributed by atoms with Crippen molar-refractivity contribution in [1.29, 1.82) is 0 Å². The number of hydrogen-bond donors (Lipinski definition) is 0. The summed E-state index contributed by atoms with van der Waals surface area (Å²) in [5.41, 5.74) is 0. The summed E-state index contributed by atoms with van der Waals surface area (Å²) in [6.07, 6.45) is 4.33. The summed E-state index contributed by atoms with van der Waals surface area (Å²) in [5, 5.41) is 0. The largest absolute Gasteiger partial charge is 0.381 e. The summed E-state index contributed by atoms with van der Waals surface area (Å²) in [4.78, 5) is 0. The van der Waals surface area contributed by atoms with Gasteiger partial charge in [0, 0.05) is 34.2 Å². The van der Waals surface area contributed by atoms with Crippen molar-refractivity contribution in [3.8, 4) is 0 Å². The molecule has 0 heterocycles. The number of rotatable bonds is 3. The van der Waals surface area contributed by atoms with E-state index in [1.54, 1.807) is 21.3 Å². The van der Waals surface area contributed by atoms with Crippen molar-refractivity contribution >= 4 is 0 Å². The van der Waals surface area contributed by atoms with E-state index in [4.69, 9.17) is 14.2 Å². The topological polar surface area (TPSA) is 27.7 Å². The van der Waals surface area contributed by atoms with Gasteiger partial charge in [-0.2, -0.15) is 0 Å². The molecule has 72 valence electrons. The van der Waals surface area contributed by atoms with E-state index in [0.717, 1.165) is 25.7 Å².